The Kier molecular flexibility index (Phi) is 9.65. The molecular formula is C27H29Cl2N3O5S. The standard InChI is InChI=1S/C27H29Cl2N3O5S/c1-18-5-9-22(10-6-18)32(38(35,36)24-13-11-23(37-4)12-14-24)17-26(33)31(19(2)27(34)30-3)16-20-7-8-21(28)15-25(20)29/h5-15,19H,16-17H2,1-4H3,(H,30,34). The summed E-state index contributed by atoms with van der Waals surface area (Å²) in [6.07, 6.45) is 0. The number of hydrogen-bond acceptors (Lipinski definition) is 5. The van der Waals surface area contributed by atoms with Gasteiger partial charge in [0.1, 0.15) is 18.3 Å². The minimum absolute atomic E-state index is 0.0154. The van der Waals surface area contributed by atoms with Gasteiger partial charge in [-0.2, -0.15) is 0 Å². The lowest BCUT2D eigenvalue weighted by molar-refractivity contribution is -0.139. The van der Waals surface area contributed by atoms with Gasteiger partial charge in [-0.1, -0.05) is 47.0 Å². The average Bonchev–Trinajstić information content (AvgIpc) is 2.90. The first kappa shape index (κ1) is 29.3. The molecule has 8 nitrogen and oxygen atoms in total. The second-order valence-electron chi connectivity index (χ2n) is 8.57. The maximum atomic E-state index is 13.8. The molecule has 0 radical (unpaired) electrons. The Morgan fingerprint density at radius 1 is 1.00 bits per heavy atom. The number of methoxy groups -OCH3 is 1. The smallest absolute Gasteiger partial charge is 0.264 e. The van der Waals surface area contributed by atoms with Crippen LogP contribution < -0.4 is 14.4 Å². The molecule has 2 amide bonds. The summed E-state index contributed by atoms with van der Waals surface area (Å²) < 4.78 is 33.7. The zero-order valence-corrected chi connectivity index (χ0v) is 23.8. The van der Waals surface area contributed by atoms with Gasteiger partial charge in [0.15, 0.2) is 0 Å². The van der Waals surface area contributed by atoms with Crippen molar-refractivity contribution in [3.8, 4) is 5.75 Å². The maximum absolute atomic E-state index is 13.8. The molecule has 1 N–H and O–H groups in total. The van der Waals surface area contributed by atoms with E-state index in [2.05, 4.69) is 5.32 Å². The van der Waals surface area contributed by atoms with Crippen LogP contribution in [0.4, 0.5) is 5.69 Å². The van der Waals surface area contributed by atoms with E-state index in [4.69, 9.17) is 27.9 Å². The fraction of sp³-hybridized carbons (Fsp3) is 0.259. The van der Waals surface area contributed by atoms with E-state index < -0.39 is 34.4 Å². The molecule has 0 aliphatic rings. The van der Waals surface area contributed by atoms with E-state index >= 15 is 0 Å². The molecule has 1 atom stereocenters. The number of ether oxygens (including phenoxy) is 1. The number of rotatable bonds is 10. The van der Waals surface area contributed by atoms with Gasteiger partial charge in [-0.15, -0.1) is 0 Å². The number of carbonyl (C=O) groups excluding carboxylic acids is 2. The Morgan fingerprint density at radius 2 is 1.63 bits per heavy atom. The molecule has 0 aliphatic carbocycles. The molecule has 0 heterocycles. The van der Waals surface area contributed by atoms with Crippen LogP contribution in [0, 0.1) is 6.92 Å². The molecule has 0 saturated heterocycles. The molecule has 3 aromatic carbocycles. The molecule has 0 aromatic heterocycles. The monoisotopic (exact) mass is 577 g/mol. The Bertz CT molecular complexity index is 1400. The Balaban J connectivity index is 2.04. The van der Waals surface area contributed by atoms with Crippen molar-refractivity contribution in [1.82, 2.24) is 10.2 Å². The summed E-state index contributed by atoms with van der Waals surface area (Å²) in [5.41, 5.74) is 1.78. The minimum atomic E-state index is -4.17. The Morgan fingerprint density at radius 3 is 2.18 bits per heavy atom. The summed E-state index contributed by atoms with van der Waals surface area (Å²) in [6, 6.07) is 16.6. The number of benzene rings is 3. The summed E-state index contributed by atoms with van der Waals surface area (Å²) in [6.45, 7) is 2.85. The largest absolute Gasteiger partial charge is 0.497 e. The fourth-order valence-corrected chi connectivity index (χ4v) is 5.62. The molecule has 0 fully saturated rings. The highest BCUT2D eigenvalue weighted by Crippen LogP contribution is 2.27. The summed E-state index contributed by atoms with van der Waals surface area (Å²) in [5, 5.41) is 3.28. The second kappa shape index (κ2) is 12.5. The van der Waals surface area contributed by atoms with Crippen LogP contribution in [0.2, 0.25) is 10.0 Å². The zero-order chi connectivity index (χ0) is 28.0. The van der Waals surface area contributed by atoms with Crippen LogP contribution in [0.25, 0.3) is 0 Å². The highest BCUT2D eigenvalue weighted by atomic mass is 35.5. The van der Waals surface area contributed by atoms with Crippen molar-refractivity contribution < 1.29 is 22.7 Å². The van der Waals surface area contributed by atoms with Crippen molar-refractivity contribution in [3.63, 3.8) is 0 Å². The molecule has 3 aromatic rings. The topological polar surface area (TPSA) is 96.0 Å². The molecule has 38 heavy (non-hydrogen) atoms. The molecule has 0 spiro atoms. The molecule has 202 valence electrons. The van der Waals surface area contributed by atoms with Gasteiger partial charge < -0.3 is 15.0 Å². The van der Waals surface area contributed by atoms with Crippen LogP contribution in [0.15, 0.2) is 71.6 Å². The third-order valence-corrected chi connectivity index (χ3v) is 8.39. The zero-order valence-electron chi connectivity index (χ0n) is 21.4. The van der Waals surface area contributed by atoms with Crippen LogP contribution in [0.5, 0.6) is 5.75 Å². The van der Waals surface area contributed by atoms with Crippen molar-refractivity contribution in [2.24, 2.45) is 0 Å². The highest BCUT2D eigenvalue weighted by Gasteiger charge is 2.32. The van der Waals surface area contributed by atoms with Gasteiger partial charge in [-0.05, 0) is 67.9 Å². The number of anilines is 1. The number of amides is 2. The van der Waals surface area contributed by atoms with Crippen LogP contribution >= 0.6 is 23.2 Å². The van der Waals surface area contributed by atoms with Crippen LogP contribution in [-0.4, -0.2) is 51.9 Å². The first-order chi connectivity index (χ1) is 18.0. The number of likely N-dealkylation sites (N-methyl/N-ethyl adjacent to an activating group) is 1. The lowest BCUT2D eigenvalue weighted by Crippen LogP contribution is -2.50. The van der Waals surface area contributed by atoms with E-state index in [9.17, 15) is 18.0 Å². The van der Waals surface area contributed by atoms with Gasteiger partial charge in [0.05, 0.1) is 17.7 Å². The normalized spacial score (nSPS) is 11.9. The quantitative estimate of drug-likeness (QED) is 0.378. The van der Waals surface area contributed by atoms with Crippen LogP contribution in [-0.2, 0) is 26.2 Å². The number of aryl methyl sites for hydroxylation is 1. The van der Waals surface area contributed by atoms with E-state index in [-0.39, 0.29) is 11.4 Å². The van der Waals surface area contributed by atoms with Crippen molar-refractivity contribution in [1.29, 1.82) is 0 Å². The van der Waals surface area contributed by atoms with E-state index in [1.54, 1.807) is 49.4 Å². The van der Waals surface area contributed by atoms with Crippen molar-refractivity contribution in [2.45, 2.75) is 31.3 Å². The van der Waals surface area contributed by atoms with Crippen molar-refractivity contribution in [3.05, 3.63) is 87.9 Å². The molecule has 11 heteroatoms. The summed E-state index contributed by atoms with van der Waals surface area (Å²) in [4.78, 5) is 27.6. The second-order valence-corrected chi connectivity index (χ2v) is 11.3. The van der Waals surface area contributed by atoms with Gasteiger partial charge in [0.2, 0.25) is 11.8 Å². The average molecular weight is 579 g/mol. The van der Waals surface area contributed by atoms with Gasteiger partial charge in [0, 0.05) is 23.6 Å². The van der Waals surface area contributed by atoms with E-state index in [1.165, 1.54) is 43.3 Å². The Hall–Kier alpha value is -3.27. The summed E-state index contributed by atoms with van der Waals surface area (Å²) in [7, 11) is -1.23. The van der Waals surface area contributed by atoms with Crippen molar-refractivity contribution >= 4 is 50.7 Å². The predicted molar refractivity (Wildman–Crippen MR) is 149 cm³/mol. The number of hydrogen-bond donors (Lipinski definition) is 1. The first-order valence-electron chi connectivity index (χ1n) is 11.7. The third kappa shape index (κ3) is 6.78. The minimum Gasteiger partial charge on any atom is -0.497 e. The molecular weight excluding hydrogens is 549 g/mol. The van der Waals surface area contributed by atoms with E-state index in [0.717, 1.165) is 9.87 Å². The number of nitrogens with one attached hydrogen (secondary N) is 1. The molecule has 1 unspecified atom stereocenters. The predicted octanol–water partition coefficient (Wildman–Crippen LogP) is 4.67. The highest BCUT2D eigenvalue weighted by molar-refractivity contribution is 7.92. The van der Waals surface area contributed by atoms with Crippen LogP contribution in [0.1, 0.15) is 18.1 Å². The SMILES string of the molecule is CNC(=O)C(C)N(Cc1ccc(Cl)cc1Cl)C(=O)CN(c1ccc(C)cc1)S(=O)(=O)c1ccc(OC)cc1. The van der Waals surface area contributed by atoms with Gasteiger partial charge in [-0.25, -0.2) is 8.42 Å². The Labute approximate surface area is 233 Å². The van der Waals surface area contributed by atoms with Gasteiger partial charge >= 0.3 is 0 Å². The number of sulfonamides is 1. The summed E-state index contributed by atoms with van der Waals surface area (Å²) >= 11 is 12.4. The molecule has 0 aliphatic heterocycles. The first-order valence-corrected chi connectivity index (χ1v) is 13.9. The molecule has 0 saturated carbocycles. The number of nitrogens with zero attached hydrogens (tertiary/aromatic N) is 2. The van der Waals surface area contributed by atoms with E-state index in [0.29, 0.717) is 27.0 Å². The van der Waals surface area contributed by atoms with Gasteiger partial charge in [-0.3, -0.25) is 13.9 Å². The number of halogens is 2. The van der Waals surface area contributed by atoms with Crippen molar-refractivity contribution in [2.75, 3.05) is 25.0 Å². The van der Waals surface area contributed by atoms with Crippen LogP contribution in [0.3, 0.4) is 0 Å². The number of carbonyl (C=O) groups is 2. The lowest BCUT2D eigenvalue weighted by Gasteiger charge is -2.32. The van der Waals surface area contributed by atoms with Gasteiger partial charge in [0.25, 0.3) is 10.0 Å². The summed E-state index contributed by atoms with van der Waals surface area (Å²) in [5.74, 6) is -0.513. The maximum Gasteiger partial charge on any atom is 0.264 e. The third-order valence-electron chi connectivity index (χ3n) is 6.02. The fourth-order valence-electron chi connectivity index (χ4n) is 3.74. The molecule has 3 rings (SSSR count). The lowest BCUT2D eigenvalue weighted by atomic mass is 10.1. The molecule has 0 bridgehead atoms. The van der Waals surface area contributed by atoms with E-state index in [1.807, 2.05) is 6.92 Å².